The van der Waals surface area contributed by atoms with Crippen LogP contribution in [0.5, 0.6) is 0 Å². The monoisotopic (exact) mass is 338 g/mol. The lowest BCUT2D eigenvalue weighted by Crippen LogP contribution is -2.29. The molecule has 0 unspecified atom stereocenters. The molecule has 0 bridgehead atoms. The molecular formula is C13H17Cl3N2O2. The van der Waals surface area contributed by atoms with Crippen molar-refractivity contribution in [3.05, 3.63) is 35.4 Å². The highest BCUT2D eigenvalue weighted by atomic mass is 35.6. The molecule has 0 aliphatic rings. The molecule has 20 heavy (non-hydrogen) atoms. The number of nitrogens with one attached hydrogen (secondary N) is 1. The zero-order chi connectivity index (χ0) is 15.6. The summed E-state index contributed by atoms with van der Waals surface area (Å²) in [4.78, 5) is 3.74. The highest BCUT2D eigenvalue weighted by Crippen LogP contribution is 2.31. The molecule has 1 rings (SSSR count). The van der Waals surface area contributed by atoms with Crippen LogP contribution in [0.15, 0.2) is 29.3 Å². The Labute approximate surface area is 133 Å². The Morgan fingerprint density at radius 2 is 1.65 bits per heavy atom. The number of aliphatic hydroxyl groups is 1. The quantitative estimate of drug-likeness (QED) is 0.335. The number of aliphatic hydroxyl groups excluding tert-OH is 1. The summed E-state index contributed by atoms with van der Waals surface area (Å²) in [5.41, 5.74) is 3.60. The Morgan fingerprint density at radius 1 is 1.15 bits per heavy atom. The maximum atomic E-state index is 9.60. The van der Waals surface area contributed by atoms with E-state index in [1.165, 1.54) is 0 Å². The molecule has 0 aliphatic carbocycles. The van der Waals surface area contributed by atoms with E-state index in [4.69, 9.17) is 40.0 Å². The van der Waals surface area contributed by atoms with Crippen molar-refractivity contribution in [3.63, 3.8) is 0 Å². The number of hydrogen-bond acceptors (Lipinski definition) is 3. The first-order valence-electron chi connectivity index (χ1n) is 5.89. The summed E-state index contributed by atoms with van der Waals surface area (Å²) in [5, 5.41) is 18.7. The molecule has 0 heterocycles. The Hall–Kier alpha value is -0.520. The molecule has 112 valence electrons. The SMILES string of the molecule is CC(C)(C)c1ccc(C(=N[C@H](O)C(Cl)(Cl)Cl)NO)cc1. The Bertz CT molecular complexity index is 476. The number of benzene rings is 1. The van der Waals surface area contributed by atoms with E-state index in [-0.39, 0.29) is 11.3 Å². The van der Waals surface area contributed by atoms with Crippen LogP contribution in [-0.2, 0) is 5.41 Å². The Balaban J connectivity index is 3.05. The maximum Gasteiger partial charge on any atom is 0.236 e. The van der Waals surface area contributed by atoms with Crippen LogP contribution >= 0.6 is 34.8 Å². The van der Waals surface area contributed by atoms with E-state index >= 15 is 0 Å². The molecule has 0 aromatic heterocycles. The van der Waals surface area contributed by atoms with E-state index in [9.17, 15) is 5.11 Å². The van der Waals surface area contributed by atoms with Gasteiger partial charge in [-0.1, -0.05) is 79.8 Å². The van der Waals surface area contributed by atoms with Gasteiger partial charge in [0.2, 0.25) is 3.79 Å². The summed E-state index contributed by atoms with van der Waals surface area (Å²) in [7, 11) is 0. The first-order valence-corrected chi connectivity index (χ1v) is 7.02. The predicted octanol–water partition coefficient (Wildman–Crippen LogP) is 3.40. The third-order valence-electron chi connectivity index (χ3n) is 2.67. The summed E-state index contributed by atoms with van der Waals surface area (Å²) >= 11 is 16.6. The third-order valence-corrected chi connectivity index (χ3v) is 3.26. The number of rotatable bonds is 2. The molecule has 0 saturated heterocycles. The molecule has 0 saturated carbocycles. The van der Waals surface area contributed by atoms with Crippen LogP contribution < -0.4 is 5.48 Å². The van der Waals surface area contributed by atoms with Crippen molar-refractivity contribution in [2.75, 3.05) is 0 Å². The highest BCUT2D eigenvalue weighted by Gasteiger charge is 2.31. The number of aliphatic imine (C=N–C) groups is 1. The summed E-state index contributed by atoms with van der Waals surface area (Å²) in [6.45, 7) is 6.27. The molecule has 4 nitrogen and oxygen atoms in total. The standard InChI is InChI=1S/C13H17Cl3N2O2/c1-12(2,3)9-6-4-8(5-7-9)10(18-20)17-11(19)13(14,15)16/h4-7,11,19-20H,1-3H3,(H,17,18)/t11-/m1/s1. The van der Waals surface area contributed by atoms with Crippen molar-refractivity contribution in [1.82, 2.24) is 5.48 Å². The molecule has 0 spiro atoms. The lowest BCUT2D eigenvalue weighted by molar-refractivity contribution is 0.182. The smallest absolute Gasteiger partial charge is 0.236 e. The molecule has 7 heteroatoms. The van der Waals surface area contributed by atoms with Gasteiger partial charge in [-0.15, -0.1) is 0 Å². The molecule has 1 atom stereocenters. The van der Waals surface area contributed by atoms with E-state index in [0.29, 0.717) is 5.56 Å². The topological polar surface area (TPSA) is 64.9 Å². The zero-order valence-corrected chi connectivity index (χ0v) is 13.6. The van der Waals surface area contributed by atoms with Gasteiger partial charge in [-0.05, 0) is 11.0 Å². The van der Waals surface area contributed by atoms with Crippen molar-refractivity contribution in [1.29, 1.82) is 0 Å². The first-order chi connectivity index (χ1) is 9.05. The highest BCUT2D eigenvalue weighted by molar-refractivity contribution is 6.68. The van der Waals surface area contributed by atoms with E-state index in [1.54, 1.807) is 12.1 Å². The van der Waals surface area contributed by atoms with Gasteiger partial charge in [0.25, 0.3) is 0 Å². The Kier molecular flexibility index (Phi) is 5.70. The molecular weight excluding hydrogens is 323 g/mol. The average Bonchev–Trinajstić information content (AvgIpc) is 2.33. The molecule has 0 radical (unpaired) electrons. The van der Waals surface area contributed by atoms with Crippen molar-refractivity contribution in [2.45, 2.75) is 36.2 Å². The number of alkyl halides is 3. The lowest BCUT2D eigenvalue weighted by atomic mass is 9.86. The van der Waals surface area contributed by atoms with Crippen LogP contribution in [0.25, 0.3) is 0 Å². The van der Waals surface area contributed by atoms with Gasteiger partial charge in [-0.2, -0.15) is 0 Å². The second kappa shape index (κ2) is 6.50. The van der Waals surface area contributed by atoms with Crippen molar-refractivity contribution < 1.29 is 10.3 Å². The van der Waals surface area contributed by atoms with E-state index in [2.05, 4.69) is 25.8 Å². The van der Waals surface area contributed by atoms with Crippen LogP contribution in [0.4, 0.5) is 0 Å². The van der Waals surface area contributed by atoms with Gasteiger partial charge < -0.3 is 5.11 Å². The summed E-state index contributed by atoms with van der Waals surface area (Å²) in [6, 6.07) is 7.33. The predicted molar refractivity (Wildman–Crippen MR) is 82.9 cm³/mol. The minimum atomic E-state index is -1.96. The number of halogens is 3. The number of amidine groups is 1. The van der Waals surface area contributed by atoms with Gasteiger partial charge in [-0.3, -0.25) is 10.7 Å². The van der Waals surface area contributed by atoms with Crippen LogP contribution in [0.1, 0.15) is 31.9 Å². The Morgan fingerprint density at radius 3 is 2.00 bits per heavy atom. The van der Waals surface area contributed by atoms with Crippen LogP contribution in [0.2, 0.25) is 0 Å². The van der Waals surface area contributed by atoms with Gasteiger partial charge in [-0.25, -0.2) is 4.99 Å². The lowest BCUT2D eigenvalue weighted by Gasteiger charge is -2.20. The number of nitrogens with zero attached hydrogens (tertiary/aromatic N) is 1. The van der Waals surface area contributed by atoms with Gasteiger partial charge in [0, 0.05) is 5.56 Å². The van der Waals surface area contributed by atoms with E-state index < -0.39 is 10.0 Å². The first kappa shape index (κ1) is 17.5. The molecule has 0 aliphatic heterocycles. The van der Waals surface area contributed by atoms with E-state index in [1.807, 2.05) is 17.6 Å². The van der Waals surface area contributed by atoms with Crippen LogP contribution in [0.3, 0.4) is 0 Å². The largest absolute Gasteiger partial charge is 0.368 e. The van der Waals surface area contributed by atoms with Crippen molar-refractivity contribution in [3.8, 4) is 0 Å². The van der Waals surface area contributed by atoms with Crippen molar-refractivity contribution in [2.24, 2.45) is 4.99 Å². The molecule has 1 aromatic rings. The fraction of sp³-hybridized carbons (Fsp3) is 0.462. The maximum absolute atomic E-state index is 9.60. The second-order valence-corrected chi connectivity index (χ2v) is 7.70. The fourth-order valence-electron chi connectivity index (χ4n) is 1.49. The summed E-state index contributed by atoms with van der Waals surface area (Å²) in [5.74, 6) is 0.0179. The second-order valence-electron chi connectivity index (χ2n) is 5.33. The van der Waals surface area contributed by atoms with Crippen LogP contribution in [0, 0.1) is 0 Å². The summed E-state index contributed by atoms with van der Waals surface area (Å²) < 4.78 is -1.96. The number of hydroxylamine groups is 1. The fourth-order valence-corrected chi connectivity index (χ4v) is 1.64. The molecule has 3 N–H and O–H groups in total. The van der Waals surface area contributed by atoms with Crippen LogP contribution in [-0.4, -0.2) is 26.2 Å². The molecule has 0 amide bonds. The average molecular weight is 340 g/mol. The van der Waals surface area contributed by atoms with Gasteiger partial charge in [0.05, 0.1) is 0 Å². The zero-order valence-electron chi connectivity index (χ0n) is 11.4. The summed E-state index contributed by atoms with van der Waals surface area (Å²) in [6.07, 6.45) is -1.59. The van der Waals surface area contributed by atoms with Gasteiger partial charge in [0.15, 0.2) is 12.1 Å². The van der Waals surface area contributed by atoms with Gasteiger partial charge >= 0.3 is 0 Å². The minimum Gasteiger partial charge on any atom is -0.368 e. The minimum absolute atomic E-state index is 0.0135. The third kappa shape index (κ3) is 4.79. The number of hydrogen-bond donors (Lipinski definition) is 3. The van der Waals surface area contributed by atoms with E-state index in [0.717, 1.165) is 5.56 Å². The van der Waals surface area contributed by atoms with Crippen molar-refractivity contribution >= 4 is 40.6 Å². The molecule has 0 fully saturated rings. The molecule has 1 aromatic carbocycles. The normalized spacial score (nSPS) is 15.1. The van der Waals surface area contributed by atoms with Gasteiger partial charge in [0.1, 0.15) is 0 Å².